The van der Waals surface area contributed by atoms with Crippen LogP contribution in [0.5, 0.6) is 5.75 Å². The zero-order valence-electron chi connectivity index (χ0n) is 22.4. The van der Waals surface area contributed by atoms with Crippen LogP contribution in [0, 0.1) is 5.82 Å². The van der Waals surface area contributed by atoms with Crippen LogP contribution in [0.1, 0.15) is 51.5 Å². The van der Waals surface area contributed by atoms with Crippen molar-refractivity contribution in [3.8, 4) is 5.75 Å². The molecule has 0 spiro atoms. The van der Waals surface area contributed by atoms with Crippen molar-refractivity contribution in [3.63, 3.8) is 0 Å². The van der Waals surface area contributed by atoms with Gasteiger partial charge in [-0.15, -0.1) is 0 Å². The molecule has 2 amide bonds. The number of benzene rings is 2. The van der Waals surface area contributed by atoms with E-state index < -0.39 is 21.9 Å². The molecule has 0 saturated carbocycles. The molecule has 0 fully saturated rings. The highest BCUT2D eigenvalue weighted by Crippen LogP contribution is 2.30. The van der Waals surface area contributed by atoms with E-state index in [0.29, 0.717) is 30.0 Å². The summed E-state index contributed by atoms with van der Waals surface area (Å²) in [5, 5.41) is 3.16. The molecule has 0 aliphatic rings. The van der Waals surface area contributed by atoms with Gasteiger partial charge in [0.15, 0.2) is 0 Å². The van der Waals surface area contributed by atoms with E-state index in [4.69, 9.17) is 16.3 Å². The van der Waals surface area contributed by atoms with Crippen LogP contribution in [0.2, 0.25) is 5.02 Å². The molecular formula is C27H37ClFN3O5S. The average Bonchev–Trinajstić information content (AvgIpc) is 2.87. The van der Waals surface area contributed by atoms with E-state index in [0.717, 1.165) is 19.1 Å². The molecule has 0 aliphatic heterocycles. The minimum atomic E-state index is -3.66. The van der Waals surface area contributed by atoms with Gasteiger partial charge in [-0.05, 0) is 55.2 Å². The lowest BCUT2D eigenvalue weighted by Crippen LogP contribution is -2.49. The molecule has 0 unspecified atom stereocenters. The second-order valence-electron chi connectivity index (χ2n) is 8.97. The number of hydrogen-bond donors (Lipinski definition) is 1. The molecule has 2 aromatic carbocycles. The first-order valence-corrected chi connectivity index (χ1v) is 14.9. The lowest BCUT2D eigenvalue weighted by Gasteiger charge is -2.31. The molecule has 11 heteroatoms. The fraction of sp³-hybridized carbons (Fsp3) is 0.481. The molecular weight excluding hydrogens is 533 g/mol. The molecule has 8 nitrogen and oxygen atoms in total. The SMILES string of the molecule is CCCCNC(=O)[C@H](CC)N(Cc1ccc(F)cc1)C(=O)CCCN(c1ccc(OC)c(Cl)c1)S(C)(=O)=O. The number of anilines is 1. The Labute approximate surface area is 230 Å². The van der Waals surface area contributed by atoms with E-state index in [9.17, 15) is 22.4 Å². The Kier molecular flexibility index (Phi) is 12.3. The third-order valence-electron chi connectivity index (χ3n) is 6.06. The number of nitrogens with one attached hydrogen (secondary N) is 1. The van der Waals surface area contributed by atoms with Gasteiger partial charge in [-0.25, -0.2) is 12.8 Å². The van der Waals surface area contributed by atoms with Crippen molar-refractivity contribution in [1.29, 1.82) is 0 Å². The van der Waals surface area contributed by atoms with Gasteiger partial charge in [-0.1, -0.05) is 44.0 Å². The van der Waals surface area contributed by atoms with Gasteiger partial charge < -0.3 is 15.0 Å². The highest BCUT2D eigenvalue weighted by atomic mass is 35.5. The van der Waals surface area contributed by atoms with Crippen LogP contribution in [0.3, 0.4) is 0 Å². The fourth-order valence-corrected chi connectivity index (χ4v) is 5.24. The number of carbonyl (C=O) groups is 2. The number of carbonyl (C=O) groups excluding carboxylic acids is 2. The third kappa shape index (κ3) is 9.16. The normalized spacial score (nSPS) is 12.1. The molecule has 1 atom stereocenters. The molecule has 0 radical (unpaired) electrons. The first-order valence-electron chi connectivity index (χ1n) is 12.6. The summed E-state index contributed by atoms with van der Waals surface area (Å²) in [6, 6.07) is 9.73. The highest BCUT2D eigenvalue weighted by molar-refractivity contribution is 7.92. The highest BCUT2D eigenvalue weighted by Gasteiger charge is 2.29. The van der Waals surface area contributed by atoms with Gasteiger partial charge in [-0.3, -0.25) is 13.9 Å². The number of unbranched alkanes of at least 4 members (excludes halogenated alkanes) is 1. The molecule has 2 rings (SSSR count). The quantitative estimate of drug-likeness (QED) is 0.312. The average molecular weight is 570 g/mol. The number of ether oxygens (including phenoxy) is 1. The van der Waals surface area contributed by atoms with Crippen molar-refractivity contribution in [3.05, 3.63) is 58.9 Å². The van der Waals surface area contributed by atoms with Crippen LogP contribution >= 0.6 is 11.6 Å². The van der Waals surface area contributed by atoms with Crippen molar-refractivity contribution in [1.82, 2.24) is 10.2 Å². The standard InChI is InChI=1S/C27H37ClFN3O5S/c1-5-7-16-30-27(34)24(6-2)31(19-20-10-12-21(29)13-11-20)26(33)9-8-17-32(38(4,35)36)22-14-15-25(37-3)23(28)18-22/h10-15,18,24H,5-9,16-17,19H2,1-4H3,(H,30,34)/t24-/m0/s1. The van der Waals surface area contributed by atoms with Crippen molar-refractivity contribution in [2.24, 2.45) is 0 Å². The van der Waals surface area contributed by atoms with Crippen molar-refractivity contribution in [2.45, 2.75) is 58.5 Å². The lowest BCUT2D eigenvalue weighted by atomic mass is 10.1. The van der Waals surface area contributed by atoms with E-state index in [-0.39, 0.29) is 42.8 Å². The number of rotatable bonds is 15. The smallest absolute Gasteiger partial charge is 0.242 e. The molecule has 0 aromatic heterocycles. The molecule has 1 N–H and O–H groups in total. The number of amides is 2. The van der Waals surface area contributed by atoms with E-state index >= 15 is 0 Å². The fourth-order valence-electron chi connectivity index (χ4n) is 4.03. The van der Waals surface area contributed by atoms with Gasteiger partial charge in [0.05, 0.1) is 24.1 Å². The van der Waals surface area contributed by atoms with Gasteiger partial charge in [0.1, 0.15) is 17.6 Å². The predicted octanol–water partition coefficient (Wildman–Crippen LogP) is 4.76. The molecule has 0 heterocycles. The van der Waals surface area contributed by atoms with Gasteiger partial charge in [0.25, 0.3) is 0 Å². The Hall–Kier alpha value is -2.85. The third-order valence-corrected chi connectivity index (χ3v) is 7.55. The monoisotopic (exact) mass is 569 g/mol. The maximum Gasteiger partial charge on any atom is 0.242 e. The minimum absolute atomic E-state index is 0.00976. The Morgan fingerprint density at radius 3 is 2.34 bits per heavy atom. The number of nitrogens with zero attached hydrogens (tertiary/aromatic N) is 2. The van der Waals surface area contributed by atoms with Gasteiger partial charge in [0.2, 0.25) is 21.8 Å². The van der Waals surface area contributed by atoms with Crippen molar-refractivity contribution >= 4 is 39.1 Å². The van der Waals surface area contributed by atoms with Gasteiger partial charge >= 0.3 is 0 Å². The van der Waals surface area contributed by atoms with E-state index in [1.54, 1.807) is 24.3 Å². The van der Waals surface area contributed by atoms with Gasteiger partial charge in [0, 0.05) is 26.1 Å². The number of methoxy groups -OCH3 is 1. The zero-order valence-corrected chi connectivity index (χ0v) is 23.9. The van der Waals surface area contributed by atoms with Crippen molar-refractivity contribution in [2.75, 3.05) is 30.8 Å². The van der Waals surface area contributed by atoms with Gasteiger partial charge in [-0.2, -0.15) is 0 Å². The summed E-state index contributed by atoms with van der Waals surface area (Å²) in [4.78, 5) is 27.9. The molecule has 0 saturated heterocycles. The maximum absolute atomic E-state index is 13.4. The summed E-state index contributed by atoms with van der Waals surface area (Å²) < 4.78 is 44.8. The largest absolute Gasteiger partial charge is 0.495 e. The second-order valence-corrected chi connectivity index (χ2v) is 11.3. The van der Waals surface area contributed by atoms with Crippen LogP contribution in [-0.4, -0.2) is 57.6 Å². The topological polar surface area (TPSA) is 96.0 Å². The van der Waals surface area contributed by atoms with Crippen molar-refractivity contribution < 1.29 is 27.1 Å². The molecule has 38 heavy (non-hydrogen) atoms. The van der Waals surface area contributed by atoms with Crippen LogP contribution < -0.4 is 14.4 Å². The molecule has 0 bridgehead atoms. The summed E-state index contributed by atoms with van der Waals surface area (Å²) in [6.07, 6.45) is 3.45. The maximum atomic E-state index is 13.4. The number of hydrogen-bond acceptors (Lipinski definition) is 5. The van der Waals surface area contributed by atoms with Crippen LogP contribution in [0.4, 0.5) is 10.1 Å². The second kappa shape index (κ2) is 14.9. The van der Waals surface area contributed by atoms with Crippen LogP contribution in [0.25, 0.3) is 0 Å². The Bertz CT molecular complexity index is 1180. The summed E-state index contributed by atoms with van der Waals surface area (Å²) in [6.45, 7) is 4.53. The predicted molar refractivity (Wildman–Crippen MR) is 148 cm³/mol. The Morgan fingerprint density at radius 1 is 1.11 bits per heavy atom. The summed E-state index contributed by atoms with van der Waals surface area (Å²) in [5.74, 6) is -0.524. The molecule has 0 aliphatic carbocycles. The van der Waals surface area contributed by atoms with E-state index in [1.165, 1.54) is 34.5 Å². The lowest BCUT2D eigenvalue weighted by molar-refractivity contribution is -0.141. The van der Waals surface area contributed by atoms with Crippen LogP contribution in [0.15, 0.2) is 42.5 Å². The Balaban J connectivity index is 2.21. The summed E-state index contributed by atoms with van der Waals surface area (Å²) in [7, 11) is -2.20. The van der Waals surface area contributed by atoms with E-state index in [1.807, 2.05) is 13.8 Å². The minimum Gasteiger partial charge on any atom is -0.495 e. The molecule has 210 valence electrons. The zero-order chi connectivity index (χ0) is 28.3. The molecule has 2 aromatic rings. The number of sulfonamides is 1. The number of halogens is 2. The first kappa shape index (κ1) is 31.4. The summed E-state index contributed by atoms with van der Waals surface area (Å²) >= 11 is 6.19. The Morgan fingerprint density at radius 2 is 1.79 bits per heavy atom. The summed E-state index contributed by atoms with van der Waals surface area (Å²) in [5.41, 5.74) is 1.04. The van der Waals surface area contributed by atoms with Crippen LogP contribution in [-0.2, 0) is 26.2 Å². The van der Waals surface area contributed by atoms with E-state index in [2.05, 4.69) is 5.32 Å². The first-order chi connectivity index (χ1) is 18.0.